The molecule has 0 bridgehead atoms. The highest BCUT2D eigenvalue weighted by Gasteiger charge is 2.51. The number of piperidine rings is 2. The van der Waals surface area contributed by atoms with E-state index in [1.54, 1.807) is 11.6 Å². The van der Waals surface area contributed by atoms with Gasteiger partial charge in [0.25, 0.3) is 5.91 Å². The number of rotatable bonds is 8. The maximum atomic E-state index is 13.2. The Morgan fingerprint density at radius 3 is 2.55 bits per heavy atom. The number of thiophene rings is 1. The molecule has 2 saturated heterocycles. The van der Waals surface area contributed by atoms with Gasteiger partial charge in [0.1, 0.15) is 16.7 Å². The molecule has 0 radical (unpaired) electrons. The van der Waals surface area contributed by atoms with Gasteiger partial charge >= 0.3 is 5.69 Å². The van der Waals surface area contributed by atoms with E-state index < -0.39 is 17.9 Å². The smallest absolute Gasteiger partial charge is 0.329 e. The zero-order valence-corrected chi connectivity index (χ0v) is 29.3. The van der Waals surface area contributed by atoms with Crippen molar-refractivity contribution in [3.8, 4) is 0 Å². The van der Waals surface area contributed by atoms with Crippen molar-refractivity contribution in [2.45, 2.75) is 69.0 Å². The summed E-state index contributed by atoms with van der Waals surface area (Å²) in [7, 11) is 1.74. The molecule has 5 aromatic rings. The second-order valence-electron chi connectivity index (χ2n) is 15.1. The van der Waals surface area contributed by atoms with Gasteiger partial charge in [0.15, 0.2) is 0 Å². The molecule has 2 saturated carbocycles. The van der Waals surface area contributed by atoms with Crippen LogP contribution in [0.3, 0.4) is 0 Å². The normalized spacial score (nSPS) is 21.4. The summed E-state index contributed by atoms with van der Waals surface area (Å²) in [5.74, 6) is -0.399. The highest BCUT2D eigenvalue weighted by molar-refractivity contribution is 7.21. The molecule has 51 heavy (non-hydrogen) atoms. The maximum absolute atomic E-state index is 13.2. The molecule has 3 aromatic heterocycles. The first-order valence-electron chi connectivity index (χ1n) is 17.7. The standard InChI is InChI=1S/C37H41N9O4S/c1-44-26-16-21(2-5-24(26)46(35(44)50)25-6-9-29(47)42-34(25)49)45-14-12-36(13-15-45)17-20(18-36)43-37(10-11-37)19-40-28-8-3-22-23(41-28)4-7-27-30(22)31(38)32(51-27)33(39)48/h2-5,7-8,16,20,25,43H,6,9-15,17-19,38H2,1H3,(H2,39,48)(H,40,41)(H,42,47,49). The van der Waals surface area contributed by atoms with Crippen LogP contribution in [0.4, 0.5) is 17.2 Å². The fourth-order valence-electron chi connectivity index (χ4n) is 8.84. The van der Waals surface area contributed by atoms with Gasteiger partial charge in [-0.15, -0.1) is 11.3 Å². The predicted molar refractivity (Wildman–Crippen MR) is 199 cm³/mol. The highest BCUT2D eigenvalue weighted by Crippen LogP contribution is 2.51. The van der Waals surface area contributed by atoms with Crippen molar-refractivity contribution < 1.29 is 14.4 Å². The monoisotopic (exact) mass is 707 g/mol. The van der Waals surface area contributed by atoms with Crippen molar-refractivity contribution in [2.24, 2.45) is 18.2 Å². The van der Waals surface area contributed by atoms with Gasteiger partial charge in [-0.1, -0.05) is 0 Å². The van der Waals surface area contributed by atoms with Crippen molar-refractivity contribution in [3.05, 3.63) is 57.8 Å². The lowest BCUT2D eigenvalue weighted by molar-refractivity contribution is -0.135. The topological polar surface area (TPSA) is 182 Å². The number of nitrogens with two attached hydrogens (primary N) is 2. The lowest BCUT2D eigenvalue weighted by Crippen LogP contribution is -2.57. The SMILES string of the molecule is Cn1c(=O)n(C2CCC(=O)NC2=O)c2ccc(N3CCC4(CC3)CC(NC3(CNc5ccc6c(ccc7sc(C(N)=O)c(N)c76)n5)CC3)C4)cc21. The summed E-state index contributed by atoms with van der Waals surface area (Å²) in [4.78, 5) is 57.0. The fraction of sp³-hybridized carbons (Fsp3) is 0.432. The van der Waals surface area contributed by atoms with Crippen LogP contribution in [-0.4, -0.2) is 63.1 Å². The number of hydrogen-bond donors (Lipinski definition) is 5. The summed E-state index contributed by atoms with van der Waals surface area (Å²) in [6.45, 7) is 2.74. The molecule has 3 amide bonds. The van der Waals surface area contributed by atoms with Crippen LogP contribution in [0.1, 0.15) is 67.1 Å². The number of benzene rings is 2. The number of imide groups is 1. The van der Waals surface area contributed by atoms with Crippen molar-refractivity contribution in [3.63, 3.8) is 0 Å². The van der Waals surface area contributed by atoms with E-state index >= 15 is 0 Å². The van der Waals surface area contributed by atoms with Gasteiger partial charge in [0.2, 0.25) is 11.8 Å². The molecule has 4 aliphatic rings. The molecule has 2 aliphatic carbocycles. The van der Waals surface area contributed by atoms with Gasteiger partial charge in [-0.05, 0) is 92.8 Å². The van der Waals surface area contributed by atoms with E-state index in [0.29, 0.717) is 34.0 Å². The van der Waals surface area contributed by atoms with Crippen LogP contribution in [0, 0.1) is 5.41 Å². The average molecular weight is 708 g/mol. The summed E-state index contributed by atoms with van der Waals surface area (Å²) in [5.41, 5.74) is 15.9. The van der Waals surface area contributed by atoms with Crippen LogP contribution in [0.2, 0.25) is 0 Å². The van der Waals surface area contributed by atoms with Crippen LogP contribution < -0.4 is 38.0 Å². The van der Waals surface area contributed by atoms with E-state index in [-0.39, 0.29) is 23.6 Å². The van der Waals surface area contributed by atoms with Gasteiger partial charge in [-0.3, -0.25) is 28.8 Å². The molecular formula is C37H41N9O4S. The summed E-state index contributed by atoms with van der Waals surface area (Å²) >= 11 is 1.32. The Hall–Kier alpha value is -4.95. The molecule has 9 rings (SSSR count). The number of nitrogen functional groups attached to an aromatic ring is 1. The third kappa shape index (κ3) is 5.34. The molecule has 2 aromatic carbocycles. The van der Waals surface area contributed by atoms with E-state index in [2.05, 4.69) is 33.0 Å². The summed E-state index contributed by atoms with van der Waals surface area (Å²) in [6, 6.07) is 13.8. The van der Waals surface area contributed by atoms with Gasteiger partial charge in [-0.25, -0.2) is 9.78 Å². The molecular weight excluding hydrogens is 667 g/mol. The molecule has 14 heteroatoms. The van der Waals surface area contributed by atoms with Gasteiger partial charge in [0, 0.05) is 65.8 Å². The first kappa shape index (κ1) is 32.0. The number of aryl methyl sites for hydroxylation is 1. The lowest BCUT2D eigenvalue weighted by Gasteiger charge is -2.53. The fourth-order valence-corrected chi connectivity index (χ4v) is 9.83. The number of hydrogen-bond acceptors (Lipinski definition) is 10. The van der Waals surface area contributed by atoms with E-state index in [0.717, 1.165) is 83.3 Å². The average Bonchev–Trinajstić information content (AvgIpc) is 3.72. The van der Waals surface area contributed by atoms with Gasteiger partial charge < -0.3 is 27.0 Å². The van der Waals surface area contributed by atoms with Crippen molar-refractivity contribution in [2.75, 3.05) is 35.6 Å². The highest BCUT2D eigenvalue weighted by atomic mass is 32.1. The number of primary amides is 1. The largest absolute Gasteiger partial charge is 0.397 e. The summed E-state index contributed by atoms with van der Waals surface area (Å²) in [6.07, 6.45) is 7.47. The predicted octanol–water partition coefficient (Wildman–Crippen LogP) is 3.75. The maximum Gasteiger partial charge on any atom is 0.329 e. The third-order valence-corrected chi connectivity index (χ3v) is 13.1. The minimum atomic E-state index is -0.681. The molecule has 1 unspecified atom stereocenters. The Morgan fingerprint density at radius 2 is 1.82 bits per heavy atom. The summed E-state index contributed by atoms with van der Waals surface area (Å²) in [5, 5.41) is 11.7. The minimum Gasteiger partial charge on any atom is -0.397 e. The number of anilines is 3. The van der Waals surface area contributed by atoms with Gasteiger partial charge in [-0.2, -0.15) is 0 Å². The molecule has 13 nitrogen and oxygen atoms in total. The molecule has 4 fully saturated rings. The van der Waals surface area contributed by atoms with Gasteiger partial charge in [0.05, 0.1) is 22.2 Å². The zero-order valence-electron chi connectivity index (χ0n) is 28.5. The molecule has 5 heterocycles. The summed E-state index contributed by atoms with van der Waals surface area (Å²) < 4.78 is 4.07. The van der Waals surface area contributed by atoms with Crippen molar-refractivity contribution >= 4 is 78.3 Å². The number of imidazole rings is 1. The molecule has 2 aliphatic heterocycles. The van der Waals surface area contributed by atoms with E-state index in [4.69, 9.17) is 16.5 Å². The van der Waals surface area contributed by atoms with Crippen LogP contribution in [0.25, 0.3) is 32.0 Å². The van der Waals surface area contributed by atoms with Crippen molar-refractivity contribution in [1.82, 2.24) is 24.8 Å². The number of nitrogens with zero attached hydrogens (tertiary/aromatic N) is 4. The van der Waals surface area contributed by atoms with Crippen LogP contribution in [0.5, 0.6) is 0 Å². The molecule has 7 N–H and O–H groups in total. The Kier molecular flexibility index (Phi) is 7.24. The molecule has 1 atom stereocenters. The minimum absolute atomic E-state index is 0.0946. The van der Waals surface area contributed by atoms with Crippen LogP contribution >= 0.6 is 11.3 Å². The van der Waals surface area contributed by atoms with E-state index in [1.165, 1.54) is 28.7 Å². The lowest BCUT2D eigenvalue weighted by atomic mass is 9.60. The Balaban J connectivity index is 0.807. The third-order valence-electron chi connectivity index (χ3n) is 11.9. The van der Waals surface area contributed by atoms with Crippen LogP contribution in [-0.2, 0) is 16.6 Å². The number of pyridine rings is 1. The first-order chi connectivity index (χ1) is 24.5. The zero-order chi connectivity index (χ0) is 35.2. The number of carbonyl (C=O) groups excluding carboxylic acids is 3. The first-order valence-corrected chi connectivity index (χ1v) is 18.6. The second kappa shape index (κ2) is 11.5. The number of nitrogens with one attached hydrogen (secondary N) is 3. The molecule has 1 spiro atoms. The number of aromatic nitrogens is 3. The number of fused-ring (bicyclic) bond motifs is 4. The number of amides is 3. The molecule has 264 valence electrons. The second-order valence-corrected chi connectivity index (χ2v) is 16.2. The number of carbonyl (C=O) groups is 3. The Bertz CT molecular complexity index is 2340. The van der Waals surface area contributed by atoms with Crippen molar-refractivity contribution in [1.29, 1.82) is 0 Å². The van der Waals surface area contributed by atoms with E-state index in [1.807, 2.05) is 30.3 Å². The van der Waals surface area contributed by atoms with Crippen LogP contribution in [0.15, 0.2) is 47.3 Å². The van der Waals surface area contributed by atoms with E-state index in [9.17, 15) is 19.2 Å². The Morgan fingerprint density at radius 1 is 1.04 bits per heavy atom. The quantitative estimate of drug-likeness (QED) is 0.150. The Labute approximate surface area is 297 Å².